The van der Waals surface area contributed by atoms with Gasteiger partial charge in [0.2, 0.25) is 11.8 Å². The van der Waals surface area contributed by atoms with Crippen molar-refractivity contribution in [2.75, 3.05) is 13.7 Å². The largest absolute Gasteiger partial charge is 0.542 e. The highest BCUT2D eigenvalue weighted by atomic mass is 79.9. The number of likely N-dealkylation sites (tertiary alicyclic amines) is 1. The van der Waals surface area contributed by atoms with Gasteiger partial charge in [0.1, 0.15) is 10.3 Å². The smallest absolute Gasteiger partial charge is 0.430 e. The fraction of sp³-hybridized carbons (Fsp3) is 0.406. The Kier molecular flexibility index (Phi) is 9.20. The molecule has 4 unspecified atom stereocenters. The minimum Gasteiger partial charge on any atom is -0.542 e. The van der Waals surface area contributed by atoms with E-state index in [1.54, 1.807) is 0 Å². The maximum Gasteiger partial charge on any atom is 0.430 e. The number of ketones is 1. The van der Waals surface area contributed by atoms with Crippen molar-refractivity contribution in [3.05, 3.63) is 71.8 Å². The molecule has 240 valence electrons. The number of carboxylic acid groups (broad SMARTS) is 1. The summed E-state index contributed by atoms with van der Waals surface area (Å²) in [5.74, 6) is -5.05. The minimum atomic E-state index is -5.19. The zero-order chi connectivity index (χ0) is 33.5. The van der Waals surface area contributed by atoms with Crippen molar-refractivity contribution in [1.82, 2.24) is 4.90 Å². The molecule has 2 amide bonds. The van der Waals surface area contributed by atoms with Crippen molar-refractivity contribution in [3.8, 4) is 0 Å². The molecule has 1 saturated carbocycles. The number of quaternary nitrogens is 1. The van der Waals surface area contributed by atoms with Crippen LogP contribution in [0.1, 0.15) is 44.2 Å². The summed E-state index contributed by atoms with van der Waals surface area (Å²) in [4.78, 5) is 64.3. The number of aliphatic carboxylic acids is 1. The number of rotatable bonds is 8. The van der Waals surface area contributed by atoms with Crippen molar-refractivity contribution in [3.63, 3.8) is 0 Å². The monoisotopic (exact) mass is 692 g/mol. The van der Waals surface area contributed by atoms with E-state index in [-0.39, 0.29) is 30.1 Å². The molecule has 1 heterocycles. The number of nitrogens with zero attached hydrogens (tertiary/aromatic N) is 1. The zero-order valence-corrected chi connectivity index (χ0v) is 26.4. The van der Waals surface area contributed by atoms with Crippen LogP contribution in [0.25, 0.3) is 11.1 Å². The Labute approximate surface area is 265 Å². The van der Waals surface area contributed by atoms with Gasteiger partial charge < -0.3 is 20.4 Å². The van der Waals surface area contributed by atoms with Gasteiger partial charge in [-0.15, -0.1) is 0 Å². The molecule has 2 aromatic rings. The first kappa shape index (κ1) is 34.0. The van der Waals surface area contributed by atoms with Gasteiger partial charge in [0, 0.05) is 13.0 Å². The number of Topliss-reactive ketones (excluding diaryl/α,β-unsaturated/α-hetero) is 1. The van der Waals surface area contributed by atoms with Crippen LogP contribution < -0.4 is 10.8 Å². The average Bonchev–Trinajstić information content (AvgIpc) is 3.39. The van der Waals surface area contributed by atoms with E-state index >= 15 is 0 Å². The molecule has 0 spiro atoms. The summed E-state index contributed by atoms with van der Waals surface area (Å²) >= 11 is 3.77. The van der Waals surface area contributed by atoms with Crippen molar-refractivity contribution in [1.29, 1.82) is 0 Å². The zero-order valence-electron chi connectivity index (χ0n) is 24.8. The molecule has 5 atom stereocenters. The number of unbranched alkanes of at least 4 members (excludes halogenated alkanes) is 1. The quantitative estimate of drug-likeness (QED) is 0.194. The second kappa shape index (κ2) is 12.2. The number of hydrogen-bond donors (Lipinski definition) is 1. The Bertz CT molecular complexity index is 1570. The number of hydrogen-bond acceptors (Lipinski definition) is 7. The van der Waals surface area contributed by atoms with Gasteiger partial charge in [-0.3, -0.25) is 19.3 Å². The van der Waals surface area contributed by atoms with Crippen LogP contribution in [-0.2, 0) is 28.7 Å². The average molecular weight is 694 g/mol. The van der Waals surface area contributed by atoms with Crippen LogP contribution in [0.3, 0.4) is 0 Å². The number of ether oxygens (including phenoxy) is 1. The first-order valence-electron chi connectivity index (χ1n) is 14.1. The normalized spacial score (nSPS) is 27.7. The lowest BCUT2D eigenvalue weighted by Gasteiger charge is -2.41. The number of alkyl halides is 4. The third kappa shape index (κ3) is 5.19. The molecule has 9 nitrogen and oxygen atoms in total. The summed E-state index contributed by atoms with van der Waals surface area (Å²) in [6.07, 6.45) is -3.56. The first-order chi connectivity index (χ1) is 21.0. The van der Waals surface area contributed by atoms with Crippen LogP contribution in [0, 0.1) is 16.7 Å². The van der Waals surface area contributed by atoms with Gasteiger partial charge in [-0.05, 0) is 49.0 Å². The van der Waals surface area contributed by atoms with Crippen molar-refractivity contribution >= 4 is 56.6 Å². The van der Waals surface area contributed by atoms with E-state index < -0.39 is 39.3 Å². The van der Waals surface area contributed by atoms with Gasteiger partial charge in [-0.1, -0.05) is 76.6 Å². The van der Waals surface area contributed by atoms with Gasteiger partial charge in [0.15, 0.2) is 11.8 Å². The molecular weight excluding hydrogens is 661 g/mol. The number of benzene rings is 2. The lowest BCUT2D eigenvalue weighted by Crippen LogP contribution is -2.65. The highest BCUT2D eigenvalue weighted by Crippen LogP contribution is 2.77. The van der Waals surface area contributed by atoms with Gasteiger partial charge in [-0.2, -0.15) is 13.2 Å². The van der Waals surface area contributed by atoms with Crippen LogP contribution in [0.15, 0.2) is 60.7 Å². The van der Waals surface area contributed by atoms with Crippen LogP contribution in [0.2, 0.25) is 0 Å². The molecule has 2 aromatic carbocycles. The lowest BCUT2D eigenvalue weighted by molar-refractivity contribution is -0.409. The summed E-state index contributed by atoms with van der Waals surface area (Å²) < 4.78 is 34.9. The highest BCUT2D eigenvalue weighted by Gasteiger charge is 2.85. The number of carboxylic acids is 1. The Morgan fingerprint density at radius 3 is 1.93 bits per heavy atom. The molecule has 45 heavy (non-hydrogen) atoms. The summed E-state index contributed by atoms with van der Waals surface area (Å²) in [5.41, 5.74) is 4.75. The number of carbonyl (C=O) groups is 5. The van der Waals surface area contributed by atoms with E-state index in [0.29, 0.717) is 19.3 Å². The maximum atomic E-state index is 14.4. The van der Waals surface area contributed by atoms with E-state index in [2.05, 4.69) is 21.7 Å². The molecule has 13 heteroatoms. The molecule has 2 bridgehead atoms. The molecule has 1 aliphatic heterocycles. The first-order valence-corrected chi connectivity index (χ1v) is 14.9. The summed E-state index contributed by atoms with van der Waals surface area (Å²) in [5, 5.41) is 8.78. The third-order valence-electron chi connectivity index (χ3n) is 9.04. The molecule has 2 aliphatic carbocycles. The van der Waals surface area contributed by atoms with Gasteiger partial charge in [0.05, 0.1) is 23.9 Å². The second-order valence-corrected chi connectivity index (χ2v) is 12.8. The van der Waals surface area contributed by atoms with Crippen molar-refractivity contribution in [2.45, 2.75) is 49.7 Å². The Hall–Kier alpha value is -3.84. The topological polar surface area (TPSA) is 149 Å². The van der Waals surface area contributed by atoms with Gasteiger partial charge >= 0.3 is 12.1 Å². The van der Waals surface area contributed by atoms with Crippen LogP contribution in [-0.4, -0.2) is 64.6 Å². The Morgan fingerprint density at radius 1 is 0.978 bits per heavy atom. The molecular formula is C32H32BrF3N2O7. The molecule has 0 aromatic heterocycles. The third-order valence-corrected chi connectivity index (χ3v) is 10.6. The number of fused-ring (bicyclic) bond motifs is 5. The summed E-state index contributed by atoms with van der Waals surface area (Å²) in [6, 6.07) is 18.9. The van der Waals surface area contributed by atoms with Crippen molar-refractivity contribution in [2.24, 2.45) is 16.7 Å². The molecule has 2 fully saturated rings. The predicted octanol–water partition coefficient (Wildman–Crippen LogP) is 2.58. The molecule has 1 saturated heterocycles. The number of allylic oxidation sites excluding steroid dienone is 2. The molecule has 5 rings (SSSR count). The van der Waals surface area contributed by atoms with Gasteiger partial charge in [-0.25, -0.2) is 4.79 Å². The second-order valence-electron chi connectivity index (χ2n) is 11.6. The summed E-state index contributed by atoms with van der Waals surface area (Å²) in [6.45, 7) is 3.87. The number of halogens is 4. The molecule has 0 radical (unpaired) electrons. The van der Waals surface area contributed by atoms with Crippen LogP contribution >= 0.6 is 15.9 Å². The lowest BCUT2D eigenvalue weighted by atomic mass is 9.63. The van der Waals surface area contributed by atoms with E-state index in [4.69, 9.17) is 14.6 Å². The standard InChI is InChI=1S/C30H31BrN2O5.C2HF3O2/c1-28-21(18-12-6-4-7-13-18)22(19-14-8-5-9-15-19)29(2,26(28)36)30(31)23(28)24(34)33(27(30)37)17-11-10-16-20(32)25(35)38-3;3-2(4,5)1(6)7/h4-9,12-15,20,23H,10-11,16-17,32H2,1-3H3;(H,6,7)/t20-,23?,28?,29?,30?;/m0./s1. The number of imide groups is 1. The van der Waals surface area contributed by atoms with E-state index in [0.717, 1.165) is 22.3 Å². The predicted molar refractivity (Wildman–Crippen MR) is 156 cm³/mol. The molecule has 3 aliphatic rings. The van der Waals surface area contributed by atoms with Crippen molar-refractivity contribution < 1.29 is 52.7 Å². The maximum absolute atomic E-state index is 14.4. The molecule has 3 N–H and O–H groups in total. The van der Waals surface area contributed by atoms with E-state index in [1.165, 1.54) is 12.0 Å². The summed E-state index contributed by atoms with van der Waals surface area (Å²) in [7, 11) is 1.33. The number of esters is 1. The Balaban J connectivity index is 0.000000591. The number of methoxy groups -OCH3 is 1. The highest BCUT2D eigenvalue weighted by molar-refractivity contribution is 9.10. The van der Waals surface area contributed by atoms with Gasteiger partial charge in [0.25, 0.3) is 0 Å². The Morgan fingerprint density at radius 2 is 1.47 bits per heavy atom. The minimum absolute atomic E-state index is 0.107. The van der Waals surface area contributed by atoms with E-state index in [1.807, 2.05) is 74.5 Å². The number of carbonyl (C=O) groups excluding carboxylic acids is 5. The number of amides is 2. The van der Waals surface area contributed by atoms with Crippen LogP contribution in [0.4, 0.5) is 13.2 Å². The fourth-order valence-electron chi connectivity index (χ4n) is 7.02. The fourth-order valence-corrected chi connectivity index (χ4v) is 8.26. The van der Waals surface area contributed by atoms with Crippen LogP contribution in [0.5, 0.6) is 0 Å². The SMILES string of the molecule is COC(=O)[C@@H]([NH3+])CCCCN1C(=O)C2C3(C)C(=O)C(C)(C(c4ccccc4)=C3c3ccccc3)C2(Br)C1=O.O=C([O-])C(F)(F)F. The van der Waals surface area contributed by atoms with E-state index in [9.17, 15) is 32.3 Å².